The molecule has 2 aromatic rings. The third kappa shape index (κ3) is 4.68. The molecule has 1 aliphatic rings. The standard InChI is InChI=1S/C21H24FN3O4S/c1-15-7-8-16(2)19(13-15)30(28,29)25-11-9-24(10-12-25)20(26)14-23-21(27)17-5-3-4-6-18(17)22/h3-8,13H,9-12,14H2,1-2H3,(H,23,27). The Bertz CT molecular complexity index is 1060. The Morgan fingerprint density at radius 2 is 1.70 bits per heavy atom. The highest BCUT2D eigenvalue weighted by Gasteiger charge is 2.31. The number of nitrogens with zero attached hydrogens (tertiary/aromatic N) is 2. The van der Waals surface area contributed by atoms with Gasteiger partial charge in [0.2, 0.25) is 15.9 Å². The van der Waals surface area contributed by atoms with Gasteiger partial charge in [-0.2, -0.15) is 4.31 Å². The third-order valence-corrected chi connectivity index (χ3v) is 7.11. The second kappa shape index (κ2) is 8.93. The summed E-state index contributed by atoms with van der Waals surface area (Å²) in [7, 11) is -3.65. The van der Waals surface area contributed by atoms with Gasteiger partial charge in [0.05, 0.1) is 17.0 Å². The average molecular weight is 434 g/mol. The zero-order valence-corrected chi connectivity index (χ0v) is 17.7. The molecule has 0 atom stereocenters. The molecule has 1 N–H and O–H groups in total. The van der Waals surface area contributed by atoms with Gasteiger partial charge in [-0.15, -0.1) is 0 Å². The lowest BCUT2D eigenvalue weighted by atomic mass is 10.2. The van der Waals surface area contributed by atoms with Crippen molar-refractivity contribution in [2.45, 2.75) is 18.7 Å². The van der Waals surface area contributed by atoms with Crippen LogP contribution >= 0.6 is 0 Å². The minimum atomic E-state index is -3.65. The summed E-state index contributed by atoms with van der Waals surface area (Å²) in [4.78, 5) is 26.2. The molecule has 0 unspecified atom stereocenters. The molecule has 1 fully saturated rings. The SMILES string of the molecule is Cc1ccc(C)c(S(=O)(=O)N2CCN(C(=O)CNC(=O)c3ccccc3F)CC2)c1. The highest BCUT2D eigenvalue weighted by Crippen LogP contribution is 2.22. The van der Waals surface area contributed by atoms with Gasteiger partial charge in [-0.05, 0) is 43.2 Å². The molecule has 7 nitrogen and oxygen atoms in total. The molecule has 0 radical (unpaired) electrons. The van der Waals surface area contributed by atoms with E-state index in [1.165, 1.54) is 33.5 Å². The number of hydrogen-bond acceptors (Lipinski definition) is 4. The van der Waals surface area contributed by atoms with Gasteiger partial charge in [-0.1, -0.05) is 24.3 Å². The Hall–Kier alpha value is -2.78. The van der Waals surface area contributed by atoms with Crippen molar-refractivity contribution in [1.29, 1.82) is 0 Å². The summed E-state index contributed by atoms with van der Waals surface area (Å²) in [5, 5.41) is 2.42. The van der Waals surface area contributed by atoms with E-state index < -0.39 is 21.7 Å². The van der Waals surface area contributed by atoms with Gasteiger partial charge in [0.25, 0.3) is 5.91 Å². The lowest BCUT2D eigenvalue weighted by Gasteiger charge is -2.34. The molecule has 9 heteroatoms. The van der Waals surface area contributed by atoms with Crippen molar-refractivity contribution < 1.29 is 22.4 Å². The van der Waals surface area contributed by atoms with E-state index in [2.05, 4.69) is 5.32 Å². The Balaban J connectivity index is 1.57. The van der Waals surface area contributed by atoms with Crippen LogP contribution < -0.4 is 5.32 Å². The number of piperazine rings is 1. The number of nitrogens with one attached hydrogen (secondary N) is 1. The maximum Gasteiger partial charge on any atom is 0.254 e. The number of benzene rings is 2. The molecule has 30 heavy (non-hydrogen) atoms. The molecule has 1 saturated heterocycles. The number of carbonyl (C=O) groups is 2. The maximum absolute atomic E-state index is 13.6. The lowest BCUT2D eigenvalue weighted by molar-refractivity contribution is -0.131. The molecule has 2 aromatic carbocycles. The van der Waals surface area contributed by atoms with Gasteiger partial charge in [0.15, 0.2) is 0 Å². The number of sulfonamides is 1. The molecule has 3 rings (SSSR count). The van der Waals surface area contributed by atoms with Gasteiger partial charge in [0.1, 0.15) is 5.82 Å². The van der Waals surface area contributed by atoms with Crippen LogP contribution in [0, 0.1) is 19.7 Å². The predicted octanol–water partition coefficient (Wildman–Crippen LogP) is 1.71. The van der Waals surface area contributed by atoms with E-state index in [0.29, 0.717) is 5.56 Å². The second-order valence-corrected chi connectivity index (χ2v) is 9.12. The molecule has 0 bridgehead atoms. The monoisotopic (exact) mass is 433 g/mol. The normalized spacial score (nSPS) is 15.1. The number of aryl methyl sites for hydroxylation is 2. The summed E-state index contributed by atoms with van der Waals surface area (Å²) in [6, 6.07) is 10.8. The molecule has 0 aromatic heterocycles. The first-order valence-electron chi connectivity index (χ1n) is 9.58. The minimum Gasteiger partial charge on any atom is -0.343 e. The van der Waals surface area contributed by atoms with E-state index in [1.54, 1.807) is 19.1 Å². The zero-order chi connectivity index (χ0) is 21.9. The summed E-state index contributed by atoms with van der Waals surface area (Å²) in [6.45, 7) is 4.09. The van der Waals surface area contributed by atoms with Crippen LogP contribution in [0.1, 0.15) is 21.5 Å². The molecule has 1 heterocycles. The summed E-state index contributed by atoms with van der Waals surface area (Å²) in [6.07, 6.45) is 0. The van der Waals surface area contributed by atoms with Crippen molar-refractivity contribution in [3.63, 3.8) is 0 Å². The van der Waals surface area contributed by atoms with Crippen molar-refractivity contribution in [2.24, 2.45) is 0 Å². The van der Waals surface area contributed by atoms with Crippen LogP contribution in [0.2, 0.25) is 0 Å². The van der Waals surface area contributed by atoms with Crippen LogP contribution in [0.25, 0.3) is 0 Å². The highest BCUT2D eigenvalue weighted by molar-refractivity contribution is 7.89. The van der Waals surface area contributed by atoms with Crippen molar-refractivity contribution in [3.05, 3.63) is 65.0 Å². The number of amides is 2. The first-order chi connectivity index (χ1) is 14.2. The Morgan fingerprint density at radius 3 is 2.37 bits per heavy atom. The van der Waals surface area contributed by atoms with E-state index in [9.17, 15) is 22.4 Å². The van der Waals surface area contributed by atoms with Crippen molar-refractivity contribution in [2.75, 3.05) is 32.7 Å². The summed E-state index contributed by atoms with van der Waals surface area (Å²) in [5.74, 6) is -1.67. The highest BCUT2D eigenvalue weighted by atomic mass is 32.2. The van der Waals surface area contributed by atoms with Gasteiger partial charge in [-0.3, -0.25) is 9.59 Å². The minimum absolute atomic E-state index is 0.130. The van der Waals surface area contributed by atoms with Crippen LogP contribution in [-0.2, 0) is 14.8 Å². The van der Waals surface area contributed by atoms with Crippen LogP contribution in [-0.4, -0.2) is 62.2 Å². The van der Waals surface area contributed by atoms with E-state index >= 15 is 0 Å². The number of hydrogen-bond donors (Lipinski definition) is 1. The van der Waals surface area contributed by atoms with Crippen LogP contribution in [0.4, 0.5) is 4.39 Å². The smallest absolute Gasteiger partial charge is 0.254 e. The summed E-state index contributed by atoms with van der Waals surface area (Å²) in [5.41, 5.74) is 1.41. The summed E-state index contributed by atoms with van der Waals surface area (Å²) >= 11 is 0. The van der Waals surface area contributed by atoms with Crippen molar-refractivity contribution >= 4 is 21.8 Å². The van der Waals surface area contributed by atoms with E-state index in [4.69, 9.17) is 0 Å². The van der Waals surface area contributed by atoms with Gasteiger partial charge in [0, 0.05) is 26.2 Å². The van der Waals surface area contributed by atoms with Crippen LogP contribution in [0.5, 0.6) is 0 Å². The molecule has 2 amide bonds. The van der Waals surface area contributed by atoms with Crippen molar-refractivity contribution in [1.82, 2.24) is 14.5 Å². The number of halogens is 1. The van der Waals surface area contributed by atoms with Gasteiger partial charge in [-0.25, -0.2) is 12.8 Å². The summed E-state index contributed by atoms with van der Waals surface area (Å²) < 4.78 is 41.0. The number of carbonyl (C=O) groups excluding carboxylic acids is 2. The number of rotatable bonds is 5. The molecule has 160 valence electrons. The van der Waals surface area contributed by atoms with Crippen LogP contribution in [0.3, 0.4) is 0 Å². The van der Waals surface area contributed by atoms with E-state index in [0.717, 1.165) is 5.56 Å². The molecular weight excluding hydrogens is 409 g/mol. The van der Waals surface area contributed by atoms with Gasteiger partial charge < -0.3 is 10.2 Å². The molecule has 1 aliphatic heterocycles. The zero-order valence-electron chi connectivity index (χ0n) is 16.9. The Kier molecular flexibility index (Phi) is 6.52. The predicted molar refractivity (Wildman–Crippen MR) is 110 cm³/mol. The molecule has 0 spiro atoms. The quantitative estimate of drug-likeness (QED) is 0.778. The fourth-order valence-electron chi connectivity index (χ4n) is 3.31. The second-order valence-electron chi connectivity index (χ2n) is 7.22. The van der Waals surface area contributed by atoms with Crippen LogP contribution in [0.15, 0.2) is 47.4 Å². The topological polar surface area (TPSA) is 86.8 Å². The third-order valence-electron chi connectivity index (χ3n) is 5.07. The Morgan fingerprint density at radius 1 is 1.03 bits per heavy atom. The van der Waals surface area contributed by atoms with Crippen molar-refractivity contribution in [3.8, 4) is 0 Å². The fourth-order valence-corrected chi connectivity index (χ4v) is 5.04. The average Bonchev–Trinajstić information content (AvgIpc) is 2.73. The largest absolute Gasteiger partial charge is 0.343 e. The first kappa shape index (κ1) is 21.9. The van der Waals surface area contributed by atoms with E-state index in [-0.39, 0.29) is 49.1 Å². The maximum atomic E-state index is 13.6. The molecule has 0 aliphatic carbocycles. The molecular formula is C21H24FN3O4S. The first-order valence-corrected chi connectivity index (χ1v) is 11.0. The fraction of sp³-hybridized carbons (Fsp3) is 0.333. The van der Waals surface area contributed by atoms with Gasteiger partial charge >= 0.3 is 0 Å². The van der Waals surface area contributed by atoms with E-state index in [1.807, 2.05) is 13.0 Å². The Labute approximate surface area is 175 Å². The molecule has 0 saturated carbocycles. The lowest BCUT2D eigenvalue weighted by Crippen LogP contribution is -2.52.